The van der Waals surface area contributed by atoms with Crippen LogP contribution in [0.2, 0.25) is 0 Å². The average Bonchev–Trinajstić information content (AvgIpc) is 2.71. The highest BCUT2D eigenvalue weighted by Gasteiger charge is 2.12. The summed E-state index contributed by atoms with van der Waals surface area (Å²) in [6.45, 7) is 0. The van der Waals surface area contributed by atoms with Crippen LogP contribution in [0.5, 0.6) is 0 Å². The zero-order valence-corrected chi connectivity index (χ0v) is 6.88. The number of nitrogens with zero attached hydrogens (tertiary/aromatic N) is 2. The van der Waals surface area contributed by atoms with E-state index in [1.807, 2.05) is 6.07 Å². The number of nitrogens with one attached hydrogen (secondary N) is 1. The van der Waals surface area contributed by atoms with Crippen molar-refractivity contribution in [2.75, 3.05) is 0 Å². The number of hydrogen-bond donors (Lipinski definition) is 2. The summed E-state index contributed by atoms with van der Waals surface area (Å²) < 4.78 is 0. The molecule has 13 heavy (non-hydrogen) atoms. The van der Waals surface area contributed by atoms with Gasteiger partial charge in [-0.3, -0.25) is 4.98 Å². The van der Waals surface area contributed by atoms with Gasteiger partial charge in [0.25, 0.3) is 0 Å². The van der Waals surface area contributed by atoms with Gasteiger partial charge in [-0.1, -0.05) is 6.07 Å². The van der Waals surface area contributed by atoms with Crippen molar-refractivity contribution >= 4 is 0 Å². The molecule has 0 aliphatic rings. The smallest absolute Gasteiger partial charge is 0.153 e. The fraction of sp³-hybridized carbons (Fsp3) is 0.111. The van der Waals surface area contributed by atoms with Gasteiger partial charge in [-0.2, -0.15) is 0 Å². The van der Waals surface area contributed by atoms with E-state index >= 15 is 0 Å². The Bertz CT molecular complexity index is 358. The van der Waals surface area contributed by atoms with Crippen molar-refractivity contribution in [2.24, 2.45) is 0 Å². The van der Waals surface area contributed by atoms with Gasteiger partial charge in [0.15, 0.2) is 6.10 Å². The van der Waals surface area contributed by atoms with Crippen molar-refractivity contribution in [1.29, 1.82) is 0 Å². The maximum absolute atomic E-state index is 9.72. The van der Waals surface area contributed by atoms with Crippen LogP contribution in [0.3, 0.4) is 0 Å². The van der Waals surface area contributed by atoms with E-state index in [9.17, 15) is 5.11 Å². The Morgan fingerprint density at radius 2 is 2.15 bits per heavy atom. The van der Waals surface area contributed by atoms with Gasteiger partial charge in [-0.25, -0.2) is 4.98 Å². The zero-order valence-electron chi connectivity index (χ0n) is 6.88. The molecule has 2 aromatic heterocycles. The number of aliphatic hydroxyl groups is 1. The Balaban J connectivity index is 2.29. The number of hydrogen-bond acceptors (Lipinski definition) is 3. The van der Waals surface area contributed by atoms with Crippen LogP contribution in [0.4, 0.5) is 0 Å². The summed E-state index contributed by atoms with van der Waals surface area (Å²) in [5, 5.41) is 9.72. The molecule has 0 aromatic carbocycles. The normalized spacial score (nSPS) is 12.7. The van der Waals surface area contributed by atoms with E-state index in [0.717, 1.165) is 0 Å². The monoisotopic (exact) mass is 175 g/mol. The summed E-state index contributed by atoms with van der Waals surface area (Å²) in [6.07, 6.45) is 4.14. The lowest BCUT2D eigenvalue weighted by molar-refractivity contribution is 0.206. The molecular weight excluding hydrogens is 166 g/mol. The second kappa shape index (κ2) is 3.37. The predicted molar refractivity (Wildman–Crippen MR) is 46.9 cm³/mol. The van der Waals surface area contributed by atoms with Crippen molar-refractivity contribution in [1.82, 2.24) is 15.0 Å². The zero-order chi connectivity index (χ0) is 9.10. The maximum Gasteiger partial charge on any atom is 0.153 e. The third-order valence-electron chi connectivity index (χ3n) is 1.75. The molecule has 0 aliphatic heterocycles. The molecule has 0 radical (unpaired) electrons. The molecule has 66 valence electrons. The van der Waals surface area contributed by atoms with Crippen molar-refractivity contribution in [3.8, 4) is 0 Å². The summed E-state index contributed by atoms with van der Waals surface area (Å²) >= 11 is 0. The summed E-state index contributed by atoms with van der Waals surface area (Å²) in [4.78, 5) is 10.8. The van der Waals surface area contributed by atoms with E-state index in [4.69, 9.17) is 0 Å². The molecule has 2 rings (SSSR count). The van der Waals surface area contributed by atoms with Gasteiger partial charge in [0.05, 0.1) is 5.69 Å². The lowest BCUT2D eigenvalue weighted by Crippen LogP contribution is -2.03. The van der Waals surface area contributed by atoms with Crippen LogP contribution in [0.1, 0.15) is 17.6 Å². The Labute approximate surface area is 75.3 Å². The number of pyridine rings is 1. The SMILES string of the molecule is OC(c1ccccn1)c1ncc[nH]1. The van der Waals surface area contributed by atoms with Crippen molar-refractivity contribution in [3.63, 3.8) is 0 Å². The largest absolute Gasteiger partial charge is 0.379 e. The van der Waals surface area contributed by atoms with Gasteiger partial charge in [-0.05, 0) is 12.1 Å². The first-order chi connectivity index (χ1) is 6.38. The van der Waals surface area contributed by atoms with Crippen LogP contribution >= 0.6 is 0 Å². The van der Waals surface area contributed by atoms with Crippen LogP contribution in [0.15, 0.2) is 36.8 Å². The second-order valence-electron chi connectivity index (χ2n) is 2.63. The molecule has 2 heterocycles. The van der Waals surface area contributed by atoms with Gasteiger partial charge < -0.3 is 10.1 Å². The number of rotatable bonds is 2. The Kier molecular flexibility index (Phi) is 2.06. The minimum absolute atomic E-state index is 0.513. The molecule has 0 saturated carbocycles. The highest BCUT2D eigenvalue weighted by atomic mass is 16.3. The van der Waals surface area contributed by atoms with Crippen LogP contribution < -0.4 is 0 Å². The van der Waals surface area contributed by atoms with Gasteiger partial charge in [0.2, 0.25) is 0 Å². The molecule has 1 atom stereocenters. The lowest BCUT2D eigenvalue weighted by Gasteiger charge is -2.05. The molecule has 4 heteroatoms. The van der Waals surface area contributed by atoms with E-state index in [1.165, 1.54) is 0 Å². The third kappa shape index (κ3) is 1.57. The Morgan fingerprint density at radius 3 is 2.77 bits per heavy atom. The average molecular weight is 175 g/mol. The minimum Gasteiger partial charge on any atom is -0.379 e. The second-order valence-corrected chi connectivity index (χ2v) is 2.63. The van der Waals surface area contributed by atoms with E-state index in [-0.39, 0.29) is 0 Å². The molecule has 0 aliphatic carbocycles. The van der Waals surface area contributed by atoms with E-state index in [1.54, 1.807) is 30.7 Å². The molecule has 1 unspecified atom stereocenters. The summed E-state index contributed by atoms with van der Waals surface area (Å²) in [5.74, 6) is 0.513. The quantitative estimate of drug-likeness (QED) is 0.712. The fourth-order valence-electron chi connectivity index (χ4n) is 1.10. The Hall–Kier alpha value is -1.68. The first-order valence-corrected chi connectivity index (χ1v) is 3.96. The van der Waals surface area contributed by atoms with Crippen LogP contribution in [-0.4, -0.2) is 20.1 Å². The number of H-pyrrole nitrogens is 1. The minimum atomic E-state index is -0.767. The molecule has 2 N–H and O–H groups in total. The van der Waals surface area contributed by atoms with E-state index in [2.05, 4.69) is 15.0 Å². The van der Waals surface area contributed by atoms with Crippen molar-refractivity contribution in [3.05, 3.63) is 48.3 Å². The number of aromatic nitrogens is 3. The number of aliphatic hydroxyl groups excluding tert-OH is 1. The summed E-state index contributed by atoms with van der Waals surface area (Å²) in [5.41, 5.74) is 0.595. The lowest BCUT2D eigenvalue weighted by atomic mass is 10.2. The molecule has 0 spiro atoms. The maximum atomic E-state index is 9.72. The number of imidazole rings is 1. The first-order valence-electron chi connectivity index (χ1n) is 3.96. The fourth-order valence-corrected chi connectivity index (χ4v) is 1.10. The Morgan fingerprint density at radius 1 is 1.23 bits per heavy atom. The van der Waals surface area contributed by atoms with E-state index in [0.29, 0.717) is 11.5 Å². The van der Waals surface area contributed by atoms with Gasteiger partial charge in [0, 0.05) is 18.6 Å². The number of aromatic amines is 1. The third-order valence-corrected chi connectivity index (χ3v) is 1.75. The molecule has 0 amide bonds. The summed E-state index contributed by atoms with van der Waals surface area (Å²) in [7, 11) is 0. The predicted octanol–water partition coefficient (Wildman–Crippen LogP) is 0.886. The highest BCUT2D eigenvalue weighted by Crippen LogP contribution is 2.14. The van der Waals surface area contributed by atoms with Gasteiger partial charge in [-0.15, -0.1) is 0 Å². The molecular formula is C9H9N3O. The topological polar surface area (TPSA) is 61.8 Å². The molecule has 0 bridgehead atoms. The van der Waals surface area contributed by atoms with Crippen LogP contribution in [-0.2, 0) is 0 Å². The molecule has 0 saturated heterocycles. The van der Waals surface area contributed by atoms with Crippen LogP contribution in [0.25, 0.3) is 0 Å². The molecule has 2 aromatic rings. The van der Waals surface area contributed by atoms with Crippen LogP contribution in [0, 0.1) is 0 Å². The van der Waals surface area contributed by atoms with Crippen molar-refractivity contribution in [2.45, 2.75) is 6.10 Å². The molecule has 4 nitrogen and oxygen atoms in total. The van der Waals surface area contributed by atoms with E-state index < -0.39 is 6.10 Å². The van der Waals surface area contributed by atoms with Gasteiger partial charge in [0.1, 0.15) is 5.82 Å². The molecule has 0 fully saturated rings. The van der Waals surface area contributed by atoms with Crippen molar-refractivity contribution < 1.29 is 5.11 Å². The van der Waals surface area contributed by atoms with Gasteiger partial charge >= 0.3 is 0 Å². The summed E-state index contributed by atoms with van der Waals surface area (Å²) in [6, 6.07) is 5.39. The standard InChI is InChI=1S/C9H9N3O/c13-8(9-11-5-6-12-9)7-3-1-2-4-10-7/h1-6,8,13H,(H,11,12). The first kappa shape index (κ1) is 7.94. The highest BCUT2D eigenvalue weighted by molar-refractivity contribution is 5.13.